The monoisotopic (exact) mass is 252 g/mol. The summed E-state index contributed by atoms with van der Waals surface area (Å²) in [7, 11) is 2.13. The van der Waals surface area contributed by atoms with E-state index in [4.69, 9.17) is 0 Å². The molecule has 0 aromatic heterocycles. The number of nitrogens with zero attached hydrogens (tertiary/aromatic N) is 2. The van der Waals surface area contributed by atoms with Crippen LogP contribution in [0.5, 0.6) is 0 Å². The van der Waals surface area contributed by atoms with Crippen molar-refractivity contribution in [3.05, 3.63) is 30.3 Å². The van der Waals surface area contributed by atoms with Gasteiger partial charge in [-0.05, 0) is 25.6 Å². The molecule has 94 valence electrons. The van der Waals surface area contributed by atoms with Crippen LogP contribution >= 0.6 is 0 Å². The first-order chi connectivity index (χ1) is 8.22. The van der Waals surface area contributed by atoms with E-state index >= 15 is 0 Å². The highest BCUT2D eigenvalue weighted by Crippen LogP contribution is 2.22. The molecule has 17 heavy (non-hydrogen) atoms. The Morgan fingerprint density at radius 2 is 2.00 bits per heavy atom. The smallest absolute Gasteiger partial charge is 0.174 e. The Hall–Kier alpha value is -0.550. The molecule has 1 aromatic rings. The summed E-state index contributed by atoms with van der Waals surface area (Å²) in [5.74, 6) is 0. The Balaban J connectivity index is 2.10. The Kier molecular flexibility index (Phi) is 4.45. The number of likely N-dealkylation sites (N-methyl/N-ethyl adjacent to an activating group) is 1. The SMILES string of the molecule is CC[C@H]1CN(C)CCN1[S+]([O-])c1ccccc1. The van der Waals surface area contributed by atoms with Crippen molar-refractivity contribution in [2.45, 2.75) is 24.3 Å². The topological polar surface area (TPSA) is 29.5 Å². The van der Waals surface area contributed by atoms with E-state index in [0.29, 0.717) is 6.04 Å². The zero-order valence-corrected chi connectivity index (χ0v) is 11.3. The van der Waals surface area contributed by atoms with Crippen molar-refractivity contribution in [2.24, 2.45) is 0 Å². The lowest BCUT2D eigenvalue weighted by Crippen LogP contribution is -2.53. The quantitative estimate of drug-likeness (QED) is 0.767. The lowest BCUT2D eigenvalue weighted by Gasteiger charge is -2.38. The predicted molar refractivity (Wildman–Crippen MR) is 71.1 cm³/mol. The highest BCUT2D eigenvalue weighted by Gasteiger charge is 2.33. The molecule has 0 saturated carbocycles. The molecule has 2 rings (SSSR count). The van der Waals surface area contributed by atoms with E-state index in [-0.39, 0.29) is 0 Å². The number of benzene rings is 1. The summed E-state index contributed by atoms with van der Waals surface area (Å²) < 4.78 is 14.6. The minimum absolute atomic E-state index is 0.398. The highest BCUT2D eigenvalue weighted by molar-refractivity contribution is 7.89. The first kappa shape index (κ1) is 12.9. The second-order valence-corrected chi connectivity index (χ2v) is 5.97. The van der Waals surface area contributed by atoms with Crippen LogP contribution in [0.25, 0.3) is 0 Å². The summed E-state index contributed by atoms with van der Waals surface area (Å²) in [6, 6.07) is 10.1. The van der Waals surface area contributed by atoms with Crippen LogP contribution in [0.2, 0.25) is 0 Å². The van der Waals surface area contributed by atoms with Crippen LogP contribution in [0.1, 0.15) is 13.3 Å². The van der Waals surface area contributed by atoms with Crippen LogP contribution in [0.4, 0.5) is 0 Å². The molecule has 4 heteroatoms. The summed E-state index contributed by atoms with van der Waals surface area (Å²) in [6.07, 6.45) is 1.04. The van der Waals surface area contributed by atoms with E-state index in [2.05, 4.69) is 23.2 Å². The fourth-order valence-electron chi connectivity index (χ4n) is 2.22. The Morgan fingerprint density at radius 3 is 2.65 bits per heavy atom. The van der Waals surface area contributed by atoms with Crippen molar-refractivity contribution in [1.29, 1.82) is 0 Å². The molecule has 2 atom stereocenters. The number of hydrogen-bond acceptors (Lipinski definition) is 3. The number of hydrogen-bond donors (Lipinski definition) is 0. The molecular formula is C13H20N2OS. The summed E-state index contributed by atoms with van der Waals surface area (Å²) in [5.41, 5.74) is 0. The van der Waals surface area contributed by atoms with Crippen molar-refractivity contribution in [3.8, 4) is 0 Å². The van der Waals surface area contributed by atoms with Crippen LogP contribution in [0.3, 0.4) is 0 Å². The molecule has 0 radical (unpaired) electrons. The number of rotatable bonds is 3. The van der Waals surface area contributed by atoms with Gasteiger partial charge in [0.1, 0.15) is 0 Å². The predicted octanol–water partition coefficient (Wildman–Crippen LogP) is 1.74. The van der Waals surface area contributed by atoms with Crippen molar-refractivity contribution in [3.63, 3.8) is 0 Å². The Morgan fingerprint density at radius 1 is 1.29 bits per heavy atom. The van der Waals surface area contributed by atoms with Gasteiger partial charge in [-0.2, -0.15) is 0 Å². The van der Waals surface area contributed by atoms with Gasteiger partial charge in [-0.25, -0.2) is 0 Å². The van der Waals surface area contributed by atoms with Crippen LogP contribution in [-0.2, 0) is 11.4 Å². The van der Waals surface area contributed by atoms with Gasteiger partial charge in [-0.15, -0.1) is 4.31 Å². The standard InChI is InChI=1S/C13H20N2OS/c1-3-12-11-14(2)9-10-15(12)17(16)13-7-5-4-6-8-13/h4-8,12H,3,9-11H2,1-2H3/t12-,17?/m0/s1. The molecule has 0 amide bonds. The Labute approximate surface area is 107 Å². The highest BCUT2D eigenvalue weighted by atomic mass is 32.2. The molecule has 3 nitrogen and oxygen atoms in total. The zero-order chi connectivity index (χ0) is 12.3. The second kappa shape index (κ2) is 5.87. The maximum Gasteiger partial charge on any atom is 0.174 e. The van der Waals surface area contributed by atoms with Gasteiger partial charge in [0.15, 0.2) is 4.90 Å². The van der Waals surface area contributed by atoms with Gasteiger partial charge in [0.2, 0.25) is 0 Å². The molecular weight excluding hydrogens is 232 g/mol. The van der Waals surface area contributed by atoms with Crippen LogP contribution in [-0.4, -0.2) is 46.5 Å². The number of piperazine rings is 1. The molecule has 1 aromatic carbocycles. The first-order valence-corrected chi connectivity index (χ1v) is 7.25. The molecule has 0 bridgehead atoms. The van der Waals surface area contributed by atoms with Gasteiger partial charge in [-0.1, -0.05) is 25.1 Å². The summed E-state index contributed by atoms with van der Waals surface area (Å²) in [6.45, 7) is 5.06. The van der Waals surface area contributed by atoms with E-state index in [9.17, 15) is 4.55 Å². The van der Waals surface area contributed by atoms with Gasteiger partial charge >= 0.3 is 0 Å². The average Bonchev–Trinajstić information content (AvgIpc) is 2.39. The van der Waals surface area contributed by atoms with E-state index in [1.54, 1.807) is 0 Å². The van der Waals surface area contributed by atoms with Crippen molar-refractivity contribution >= 4 is 11.4 Å². The van der Waals surface area contributed by atoms with Crippen LogP contribution < -0.4 is 0 Å². The van der Waals surface area contributed by atoms with Crippen molar-refractivity contribution in [2.75, 3.05) is 26.7 Å². The molecule has 0 spiro atoms. The molecule has 0 N–H and O–H groups in total. The lowest BCUT2D eigenvalue weighted by molar-refractivity contribution is 0.156. The summed E-state index contributed by atoms with van der Waals surface area (Å²) in [4.78, 5) is 3.22. The third kappa shape index (κ3) is 3.01. The third-order valence-corrected chi connectivity index (χ3v) is 4.84. The molecule has 1 unspecified atom stereocenters. The molecule has 0 aliphatic carbocycles. The largest absolute Gasteiger partial charge is 0.593 e. The summed E-state index contributed by atoms with van der Waals surface area (Å²) in [5, 5.41) is 0. The van der Waals surface area contributed by atoms with Gasteiger partial charge in [0.25, 0.3) is 0 Å². The minimum atomic E-state index is -1.01. The maximum atomic E-state index is 12.5. The average molecular weight is 252 g/mol. The van der Waals surface area contributed by atoms with Crippen molar-refractivity contribution < 1.29 is 4.55 Å². The third-order valence-electron chi connectivity index (χ3n) is 3.26. The first-order valence-electron chi connectivity index (χ1n) is 6.14. The van der Waals surface area contributed by atoms with Gasteiger partial charge in [-0.3, -0.25) is 0 Å². The van der Waals surface area contributed by atoms with Gasteiger partial charge in [0.05, 0.1) is 23.9 Å². The van der Waals surface area contributed by atoms with Crippen LogP contribution in [0, 0.1) is 0 Å². The molecule has 1 saturated heterocycles. The molecule has 1 fully saturated rings. The summed E-state index contributed by atoms with van der Waals surface area (Å²) >= 11 is -1.01. The maximum absolute atomic E-state index is 12.5. The minimum Gasteiger partial charge on any atom is -0.593 e. The van der Waals surface area contributed by atoms with Crippen molar-refractivity contribution in [1.82, 2.24) is 9.21 Å². The fourth-order valence-corrected chi connectivity index (χ4v) is 3.61. The van der Waals surface area contributed by atoms with E-state index in [1.807, 2.05) is 30.3 Å². The molecule has 1 heterocycles. The zero-order valence-electron chi connectivity index (χ0n) is 10.5. The normalized spacial score (nSPS) is 24.8. The van der Waals surface area contributed by atoms with E-state index in [0.717, 1.165) is 31.0 Å². The molecule has 1 aliphatic rings. The Bertz CT molecular complexity index is 347. The van der Waals surface area contributed by atoms with Gasteiger partial charge < -0.3 is 9.45 Å². The van der Waals surface area contributed by atoms with Crippen LogP contribution in [0.15, 0.2) is 35.2 Å². The van der Waals surface area contributed by atoms with E-state index in [1.165, 1.54) is 0 Å². The molecule has 1 aliphatic heterocycles. The second-order valence-electron chi connectivity index (χ2n) is 4.53. The lowest BCUT2D eigenvalue weighted by atomic mass is 10.2. The fraction of sp³-hybridized carbons (Fsp3) is 0.538. The van der Waals surface area contributed by atoms with Gasteiger partial charge in [0, 0.05) is 13.1 Å². The van der Waals surface area contributed by atoms with E-state index < -0.39 is 11.4 Å².